The third-order valence-electron chi connectivity index (χ3n) is 7.66. The van der Waals surface area contributed by atoms with Crippen LogP contribution in [0.5, 0.6) is 5.88 Å². The minimum Gasteiger partial charge on any atom is -0.481 e. The number of nitrogens with zero attached hydrogens (tertiary/aromatic N) is 1. The summed E-state index contributed by atoms with van der Waals surface area (Å²) in [6.07, 6.45) is 5.96. The molecule has 4 saturated carbocycles. The molecule has 4 aliphatic rings. The van der Waals surface area contributed by atoms with Gasteiger partial charge in [0.2, 0.25) is 11.7 Å². The van der Waals surface area contributed by atoms with Crippen molar-refractivity contribution in [3.8, 4) is 5.88 Å². The van der Waals surface area contributed by atoms with E-state index < -0.39 is 17.4 Å². The third kappa shape index (κ3) is 6.18. The lowest BCUT2D eigenvalue weighted by molar-refractivity contribution is -0.141. The van der Waals surface area contributed by atoms with Gasteiger partial charge in [-0.05, 0) is 74.8 Å². The summed E-state index contributed by atoms with van der Waals surface area (Å²) in [5.74, 6) is 0.871. The predicted molar refractivity (Wildman–Crippen MR) is 135 cm³/mol. The zero-order valence-electron chi connectivity index (χ0n) is 21.8. The summed E-state index contributed by atoms with van der Waals surface area (Å²) in [4.78, 5) is 37.2. The molecule has 4 aliphatic carbocycles. The van der Waals surface area contributed by atoms with E-state index in [1.165, 1.54) is 43.9 Å². The van der Waals surface area contributed by atoms with E-state index in [1.54, 1.807) is 20.8 Å². The third-order valence-corrected chi connectivity index (χ3v) is 8.73. The zero-order chi connectivity index (χ0) is 26.2. The van der Waals surface area contributed by atoms with Crippen LogP contribution >= 0.6 is 11.8 Å². The molecule has 0 saturated heterocycles. The fourth-order valence-corrected chi connectivity index (χ4v) is 7.22. The van der Waals surface area contributed by atoms with Gasteiger partial charge < -0.3 is 25.0 Å². The Labute approximate surface area is 216 Å². The summed E-state index contributed by atoms with van der Waals surface area (Å²) >= 11 is 1.46. The molecule has 36 heavy (non-hydrogen) atoms. The van der Waals surface area contributed by atoms with Gasteiger partial charge in [0.05, 0.1) is 12.0 Å². The number of ether oxygens (including phenoxy) is 1. The average Bonchev–Trinajstić information content (AvgIpc) is 3.15. The highest BCUT2D eigenvalue weighted by Crippen LogP contribution is 2.53. The molecule has 1 aromatic rings. The summed E-state index contributed by atoms with van der Waals surface area (Å²) in [6, 6.07) is 0.193. The largest absolute Gasteiger partial charge is 0.481 e. The summed E-state index contributed by atoms with van der Waals surface area (Å²) < 4.78 is 11.5. The molecule has 0 unspecified atom stereocenters. The molecular formula is C26H39N3O6S. The number of aromatic nitrogens is 1. The van der Waals surface area contributed by atoms with E-state index in [-0.39, 0.29) is 47.8 Å². The first-order valence-corrected chi connectivity index (χ1v) is 13.9. The normalized spacial score (nSPS) is 27.7. The van der Waals surface area contributed by atoms with Crippen LogP contribution in [0.1, 0.15) is 83.7 Å². The Kier molecular flexibility index (Phi) is 7.92. The lowest BCUT2D eigenvalue weighted by Crippen LogP contribution is -2.55. The minimum absolute atomic E-state index is 0.0767. The summed E-state index contributed by atoms with van der Waals surface area (Å²) in [5, 5.41) is 19.3. The molecule has 10 heteroatoms. The monoisotopic (exact) mass is 521 g/mol. The van der Waals surface area contributed by atoms with Crippen molar-refractivity contribution in [2.45, 2.75) is 94.9 Å². The molecule has 0 aliphatic heterocycles. The maximum absolute atomic E-state index is 13.3. The SMILES string of the molecule is CC(C)Sc1c(OCC(C)(C)NC(=O)[C@H](C)CC(=O)O)noc1C(=O)NC1C2CC3CC(C2)CC1C3. The number of carboxylic acids is 1. The van der Waals surface area contributed by atoms with Crippen LogP contribution in [0, 0.1) is 29.6 Å². The summed E-state index contributed by atoms with van der Waals surface area (Å²) in [6.45, 7) is 9.27. The van der Waals surface area contributed by atoms with Crippen LogP contribution in [0.15, 0.2) is 9.42 Å². The van der Waals surface area contributed by atoms with Crippen LogP contribution in [0.25, 0.3) is 0 Å². The molecular weight excluding hydrogens is 482 g/mol. The lowest BCUT2D eigenvalue weighted by atomic mass is 9.54. The smallest absolute Gasteiger partial charge is 0.304 e. The Morgan fingerprint density at radius 3 is 2.28 bits per heavy atom. The molecule has 9 nitrogen and oxygen atoms in total. The standard InChI is InChI=1S/C26H39N3O6S/c1-13(2)36-22-21(24(33)27-20-17-8-15-7-16(10-17)11-18(20)9-15)35-29-25(22)34-12-26(4,5)28-23(32)14(3)6-19(30)31/h13-18,20H,6-12H2,1-5H3,(H,27,33)(H,28,32)(H,30,31)/t14-,15?,16?,17?,18?,20?/m1/s1. The number of hydrogen-bond donors (Lipinski definition) is 3. The van der Waals surface area contributed by atoms with Gasteiger partial charge in [-0.15, -0.1) is 11.8 Å². The lowest BCUT2D eigenvalue weighted by Gasteiger charge is -2.54. The molecule has 4 bridgehead atoms. The van der Waals surface area contributed by atoms with Gasteiger partial charge in [0.15, 0.2) is 0 Å². The Morgan fingerprint density at radius 2 is 1.72 bits per heavy atom. The highest BCUT2D eigenvalue weighted by atomic mass is 32.2. The first kappa shape index (κ1) is 26.8. The van der Waals surface area contributed by atoms with E-state index in [0.29, 0.717) is 16.7 Å². The van der Waals surface area contributed by atoms with Gasteiger partial charge in [0.25, 0.3) is 11.8 Å². The quantitative estimate of drug-likeness (QED) is 0.371. The van der Waals surface area contributed by atoms with Crippen molar-refractivity contribution in [2.75, 3.05) is 6.61 Å². The second-order valence-electron chi connectivity index (χ2n) is 11.9. The van der Waals surface area contributed by atoms with Crippen molar-refractivity contribution >= 4 is 29.5 Å². The summed E-state index contributed by atoms with van der Waals surface area (Å²) in [5.41, 5.74) is -0.786. The number of carbonyl (C=O) groups is 3. The maximum atomic E-state index is 13.3. The van der Waals surface area contributed by atoms with Gasteiger partial charge >= 0.3 is 5.97 Å². The summed E-state index contributed by atoms with van der Waals surface area (Å²) in [7, 11) is 0. The van der Waals surface area contributed by atoms with Gasteiger partial charge in [-0.2, -0.15) is 0 Å². The molecule has 0 radical (unpaired) electrons. The average molecular weight is 522 g/mol. The maximum Gasteiger partial charge on any atom is 0.304 e. The van der Waals surface area contributed by atoms with Gasteiger partial charge in [-0.25, -0.2) is 0 Å². The van der Waals surface area contributed by atoms with Crippen LogP contribution < -0.4 is 15.4 Å². The second kappa shape index (κ2) is 10.6. The van der Waals surface area contributed by atoms with Gasteiger partial charge in [0, 0.05) is 17.2 Å². The van der Waals surface area contributed by atoms with Crippen LogP contribution in [0.3, 0.4) is 0 Å². The van der Waals surface area contributed by atoms with Crippen molar-refractivity contribution in [1.29, 1.82) is 0 Å². The second-order valence-corrected chi connectivity index (χ2v) is 13.5. The van der Waals surface area contributed by atoms with Crippen molar-refractivity contribution < 1.29 is 28.8 Å². The van der Waals surface area contributed by atoms with Gasteiger partial charge in [-0.1, -0.05) is 20.8 Å². The predicted octanol–water partition coefficient (Wildman–Crippen LogP) is 4.11. The molecule has 0 aromatic carbocycles. The van der Waals surface area contributed by atoms with Gasteiger partial charge in [-0.3, -0.25) is 14.4 Å². The molecule has 1 atom stereocenters. The van der Waals surface area contributed by atoms with E-state index >= 15 is 0 Å². The Morgan fingerprint density at radius 1 is 1.11 bits per heavy atom. The van der Waals surface area contributed by atoms with Gasteiger partial charge in [0.1, 0.15) is 11.5 Å². The number of amides is 2. The molecule has 1 aromatic heterocycles. The van der Waals surface area contributed by atoms with E-state index in [0.717, 1.165) is 11.8 Å². The van der Waals surface area contributed by atoms with Crippen LogP contribution in [-0.2, 0) is 9.59 Å². The van der Waals surface area contributed by atoms with E-state index in [1.807, 2.05) is 13.8 Å². The van der Waals surface area contributed by atoms with Crippen molar-refractivity contribution in [2.24, 2.45) is 29.6 Å². The highest BCUT2D eigenvalue weighted by molar-refractivity contribution is 8.00. The van der Waals surface area contributed by atoms with Crippen LogP contribution in [-0.4, -0.2) is 51.5 Å². The Bertz CT molecular complexity index is 962. The van der Waals surface area contributed by atoms with Crippen LogP contribution in [0.4, 0.5) is 0 Å². The van der Waals surface area contributed by atoms with Crippen LogP contribution in [0.2, 0.25) is 0 Å². The number of rotatable bonds is 11. The number of carboxylic acid groups (broad SMARTS) is 1. The molecule has 5 rings (SSSR count). The zero-order valence-corrected chi connectivity index (χ0v) is 22.7. The number of hydrogen-bond acceptors (Lipinski definition) is 7. The number of aliphatic carboxylic acids is 1. The molecule has 0 spiro atoms. The number of nitrogens with one attached hydrogen (secondary N) is 2. The van der Waals surface area contributed by atoms with Crippen molar-refractivity contribution in [3.05, 3.63) is 5.76 Å². The van der Waals surface area contributed by atoms with E-state index in [2.05, 4.69) is 15.8 Å². The highest BCUT2D eigenvalue weighted by Gasteiger charge is 2.49. The first-order chi connectivity index (χ1) is 16.9. The van der Waals surface area contributed by atoms with E-state index in [9.17, 15) is 14.4 Å². The Balaban J connectivity index is 1.41. The Hall–Kier alpha value is -2.23. The van der Waals surface area contributed by atoms with E-state index in [4.69, 9.17) is 14.4 Å². The first-order valence-electron chi connectivity index (χ1n) is 13.1. The fraction of sp³-hybridized carbons (Fsp3) is 0.769. The molecule has 200 valence electrons. The van der Waals surface area contributed by atoms with Crippen molar-refractivity contribution in [1.82, 2.24) is 15.8 Å². The molecule has 1 heterocycles. The molecule has 3 N–H and O–H groups in total. The van der Waals surface area contributed by atoms with Crippen molar-refractivity contribution in [3.63, 3.8) is 0 Å². The topological polar surface area (TPSA) is 131 Å². The number of thioether (sulfide) groups is 1. The fourth-order valence-electron chi connectivity index (χ4n) is 6.32. The minimum atomic E-state index is -1.02. The molecule has 2 amide bonds. The number of carbonyl (C=O) groups excluding carboxylic acids is 2. The molecule has 4 fully saturated rings.